The summed E-state index contributed by atoms with van der Waals surface area (Å²) in [5, 5.41) is 21.2. The molecule has 3 N–H and O–H groups in total. The second-order valence-electron chi connectivity index (χ2n) is 6.48. The molecule has 0 bridgehead atoms. The van der Waals surface area contributed by atoms with Gasteiger partial charge in [0.2, 0.25) is 0 Å². The lowest BCUT2D eigenvalue weighted by Gasteiger charge is -2.22. The van der Waals surface area contributed by atoms with Crippen LogP contribution < -0.4 is 15.0 Å². The van der Waals surface area contributed by atoms with Crippen LogP contribution >= 0.6 is 27.3 Å². The van der Waals surface area contributed by atoms with Crippen LogP contribution in [0, 0.1) is 0 Å². The minimum absolute atomic E-state index is 0.0422. The highest BCUT2D eigenvalue weighted by atomic mass is 79.9. The Labute approximate surface area is 196 Å². The van der Waals surface area contributed by atoms with Crippen LogP contribution in [-0.2, 0) is 4.79 Å². The van der Waals surface area contributed by atoms with Crippen molar-refractivity contribution in [2.24, 2.45) is 0 Å². The summed E-state index contributed by atoms with van der Waals surface area (Å²) >= 11 is 4.30. The molecule has 0 fully saturated rings. The van der Waals surface area contributed by atoms with Crippen molar-refractivity contribution in [3.8, 4) is 16.2 Å². The predicted molar refractivity (Wildman–Crippen MR) is 126 cm³/mol. The minimum Gasteiger partial charge on any atom is -0.479 e. The maximum absolute atomic E-state index is 12.8. The molecule has 0 saturated carbocycles. The van der Waals surface area contributed by atoms with E-state index in [0.717, 1.165) is 11.3 Å². The van der Waals surface area contributed by atoms with E-state index < -0.39 is 18.5 Å². The lowest BCUT2D eigenvalue weighted by atomic mass is 10.1. The van der Waals surface area contributed by atoms with Gasteiger partial charge < -0.3 is 20.3 Å². The number of urea groups is 1. The molecule has 10 heteroatoms. The number of nitrogens with zero attached hydrogens (tertiary/aromatic N) is 1. The number of benzene rings is 2. The molecule has 0 saturated heterocycles. The number of para-hydroxylation sites is 1. The standard InChI is InChI=1S/C22H19BrN2O6S/c1-2-25(22(30)24-14-8-4-3-5-9-14)15-10-6-7-13(11-15)19-17(23)18(31-12-16(26)27)20(32-19)21(28)29/h3-11H,2,12H2,1H3,(H,24,30)(H,26,27)(H,28,29). The van der Waals surface area contributed by atoms with Crippen molar-refractivity contribution in [2.45, 2.75) is 6.92 Å². The lowest BCUT2D eigenvalue weighted by molar-refractivity contribution is -0.139. The van der Waals surface area contributed by atoms with E-state index in [1.165, 1.54) is 0 Å². The highest BCUT2D eigenvalue weighted by Crippen LogP contribution is 2.46. The Kier molecular flexibility index (Phi) is 7.49. The zero-order chi connectivity index (χ0) is 23.3. The van der Waals surface area contributed by atoms with Gasteiger partial charge in [-0.25, -0.2) is 14.4 Å². The molecule has 0 aliphatic carbocycles. The first-order valence-electron chi connectivity index (χ1n) is 9.46. The van der Waals surface area contributed by atoms with Gasteiger partial charge in [-0.05, 0) is 52.7 Å². The Morgan fingerprint density at radius 2 is 1.81 bits per heavy atom. The Balaban J connectivity index is 1.94. The third-order valence-corrected chi connectivity index (χ3v) is 6.58. The third-order valence-electron chi connectivity index (χ3n) is 4.35. The van der Waals surface area contributed by atoms with Crippen molar-refractivity contribution >= 4 is 56.6 Å². The summed E-state index contributed by atoms with van der Waals surface area (Å²) < 4.78 is 5.55. The van der Waals surface area contributed by atoms with E-state index in [1.54, 1.807) is 41.3 Å². The molecule has 0 spiro atoms. The molecule has 0 aliphatic heterocycles. The number of ether oxygens (including phenoxy) is 1. The van der Waals surface area contributed by atoms with Crippen LogP contribution in [0.4, 0.5) is 16.2 Å². The van der Waals surface area contributed by atoms with Crippen molar-refractivity contribution in [3.63, 3.8) is 0 Å². The quantitative estimate of drug-likeness (QED) is 0.367. The Morgan fingerprint density at radius 3 is 2.44 bits per heavy atom. The highest BCUT2D eigenvalue weighted by Gasteiger charge is 2.25. The number of thiophene rings is 1. The summed E-state index contributed by atoms with van der Waals surface area (Å²) in [6.07, 6.45) is 0. The Morgan fingerprint density at radius 1 is 1.09 bits per heavy atom. The van der Waals surface area contributed by atoms with Gasteiger partial charge in [-0.2, -0.15) is 0 Å². The number of aromatic carboxylic acids is 1. The number of carboxylic acids is 2. The highest BCUT2D eigenvalue weighted by molar-refractivity contribution is 9.10. The van der Waals surface area contributed by atoms with Gasteiger partial charge >= 0.3 is 18.0 Å². The number of halogens is 1. The summed E-state index contributed by atoms with van der Waals surface area (Å²) in [6, 6.07) is 15.8. The largest absolute Gasteiger partial charge is 0.479 e. The van der Waals surface area contributed by atoms with Crippen LogP contribution in [-0.4, -0.2) is 41.3 Å². The van der Waals surface area contributed by atoms with Crippen LogP contribution in [0.2, 0.25) is 0 Å². The SMILES string of the molecule is CCN(C(=O)Nc1ccccc1)c1cccc(-c2sc(C(=O)O)c(OCC(=O)O)c2Br)c1. The van der Waals surface area contributed by atoms with Gasteiger partial charge in [0.25, 0.3) is 0 Å². The van der Waals surface area contributed by atoms with E-state index in [0.29, 0.717) is 32.8 Å². The zero-order valence-electron chi connectivity index (χ0n) is 16.9. The normalized spacial score (nSPS) is 10.4. The van der Waals surface area contributed by atoms with E-state index >= 15 is 0 Å². The molecule has 1 heterocycles. The van der Waals surface area contributed by atoms with Gasteiger partial charge in [-0.15, -0.1) is 11.3 Å². The molecule has 3 aromatic rings. The second kappa shape index (κ2) is 10.3. The summed E-state index contributed by atoms with van der Waals surface area (Å²) in [4.78, 5) is 37.3. The van der Waals surface area contributed by atoms with E-state index in [9.17, 15) is 19.5 Å². The summed E-state index contributed by atoms with van der Waals surface area (Å²) in [7, 11) is 0. The molecule has 0 radical (unpaired) electrons. The summed E-state index contributed by atoms with van der Waals surface area (Å²) in [5.74, 6) is -2.48. The van der Waals surface area contributed by atoms with Crippen molar-refractivity contribution in [3.05, 3.63) is 63.9 Å². The first-order valence-corrected chi connectivity index (χ1v) is 11.1. The summed E-state index contributed by atoms with van der Waals surface area (Å²) in [5.41, 5.74) is 1.93. The molecule has 2 amide bonds. The van der Waals surface area contributed by atoms with Gasteiger partial charge in [0, 0.05) is 17.9 Å². The van der Waals surface area contributed by atoms with Crippen molar-refractivity contribution < 1.29 is 29.3 Å². The van der Waals surface area contributed by atoms with E-state index in [1.807, 2.05) is 25.1 Å². The van der Waals surface area contributed by atoms with Crippen LogP contribution in [0.3, 0.4) is 0 Å². The topological polar surface area (TPSA) is 116 Å². The first kappa shape index (κ1) is 23.3. The number of hydrogen-bond donors (Lipinski definition) is 3. The molecule has 1 aromatic heterocycles. The number of amides is 2. The molecule has 3 rings (SSSR count). The van der Waals surface area contributed by atoms with Crippen LogP contribution in [0.15, 0.2) is 59.1 Å². The van der Waals surface area contributed by atoms with Gasteiger partial charge in [0.05, 0.1) is 9.35 Å². The van der Waals surface area contributed by atoms with Gasteiger partial charge in [-0.1, -0.05) is 30.3 Å². The van der Waals surface area contributed by atoms with Crippen molar-refractivity contribution in [1.29, 1.82) is 0 Å². The molecular weight excluding hydrogens is 500 g/mol. The number of carbonyl (C=O) groups is 3. The lowest BCUT2D eigenvalue weighted by Crippen LogP contribution is -2.34. The molecule has 0 unspecified atom stereocenters. The average Bonchev–Trinajstić information content (AvgIpc) is 3.10. The monoisotopic (exact) mass is 518 g/mol. The third kappa shape index (κ3) is 5.27. The molecule has 166 valence electrons. The molecule has 32 heavy (non-hydrogen) atoms. The molecule has 0 aliphatic rings. The number of nitrogens with one attached hydrogen (secondary N) is 1. The van der Waals surface area contributed by atoms with Crippen LogP contribution in [0.1, 0.15) is 16.6 Å². The van der Waals surface area contributed by atoms with E-state index in [2.05, 4.69) is 21.2 Å². The number of carbonyl (C=O) groups excluding carboxylic acids is 1. The number of hydrogen-bond acceptors (Lipinski definition) is 5. The number of anilines is 2. The molecular formula is C22H19BrN2O6S. The fourth-order valence-electron chi connectivity index (χ4n) is 2.96. The molecule has 2 aromatic carbocycles. The Hall–Kier alpha value is -3.37. The second-order valence-corrected chi connectivity index (χ2v) is 8.30. The average molecular weight is 519 g/mol. The van der Waals surface area contributed by atoms with E-state index in [-0.39, 0.29) is 16.7 Å². The van der Waals surface area contributed by atoms with Gasteiger partial charge in [0.15, 0.2) is 17.2 Å². The van der Waals surface area contributed by atoms with Gasteiger partial charge in [-0.3, -0.25) is 4.90 Å². The first-order chi connectivity index (χ1) is 15.3. The zero-order valence-corrected chi connectivity index (χ0v) is 19.3. The number of aliphatic carboxylic acids is 1. The van der Waals surface area contributed by atoms with Crippen molar-refractivity contribution in [2.75, 3.05) is 23.4 Å². The molecule has 8 nitrogen and oxygen atoms in total. The number of carboxylic acid groups (broad SMARTS) is 2. The summed E-state index contributed by atoms with van der Waals surface area (Å²) in [6.45, 7) is 1.58. The number of rotatable bonds is 8. The van der Waals surface area contributed by atoms with Crippen LogP contribution in [0.5, 0.6) is 5.75 Å². The maximum Gasteiger partial charge on any atom is 0.349 e. The van der Waals surface area contributed by atoms with E-state index in [4.69, 9.17) is 9.84 Å². The van der Waals surface area contributed by atoms with Crippen LogP contribution in [0.25, 0.3) is 10.4 Å². The maximum atomic E-state index is 12.8. The van der Waals surface area contributed by atoms with Crippen molar-refractivity contribution in [1.82, 2.24) is 0 Å². The van der Waals surface area contributed by atoms with Gasteiger partial charge in [0.1, 0.15) is 0 Å². The predicted octanol–water partition coefficient (Wildman–Crippen LogP) is 5.40. The minimum atomic E-state index is -1.23. The molecule has 0 atom stereocenters. The smallest absolute Gasteiger partial charge is 0.349 e. The Bertz CT molecular complexity index is 1150. The fraction of sp³-hybridized carbons (Fsp3) is 0.136. The fourth-order valence-corrected chi connectivity index (χ4v) is 4.84.